The van der Waals surface area contributed by atoms with Crippen molar-refractivity contribution in [2.24, 2.45) is 0 Å². The van der Waals surface area contributed by atoms with Crippen molar-refractivity contribution < 1.29 is 19.5 Å². The summed E-state index contributed by atoms with van der Waals surface area (Å²) in [4.78, 5) is 27.5. The Labute approximate surface area is 115 Å². The summed E-state index contributed by atoms with van der Waals surface area (Å²) in [6, 6.07) is 15.0. The molecule has 0 aliphatic carbocycles. The van der Waals surface area contributed by atoms with Crippen LogP contribution >= 0.6 is 0 Å². The van der Waals surface area contributed by atoms with E-state index in [2.05, 4.69) is 5.48 Å². The van der Waals surface area contributed by atoms with Gasteiger partial charge in [-0.25, -0.2) is 10.3 Å². The molecule has 5 heteroatoms. The third-order valence-electron chi connectivity index (χ3n) is 2.64. The van der Waals surface area contributed by atoms with E-state index in [1.807, 2.05) is 30.3 Å². The van der Waals surface area contributed by atoms with Crippen molar-refractivity contribution in [2.75, 3.05) is 0 Å². The van der Waals surface area contributed by atoms with Crippen molar-refractivity contribution in [3.8, 4) is 0 Å². The Balaban J connectivity index is 1.87. The Bertz CT molecular complexity index is 593. The smallest absolute Gasteiger partial charge is 0.335 e. The van der Waals surface area contributed by atoms with Crippen LogP contribution in [-0.4, -0.2) is 17.0 Å². The van der Waals surface area contributed by atoms with Gasteiger partial charge in [-0.2, -0.15) is 0 Å². The highest BCUT2D eigenvalue weighted by atomic mass is 16.6. The lowest BCUT2D eigenvalue weighted by Crippen LogP contribution is -2.23. The number of benzene rings is 2. The first-order valence-electron chi connectivity index (χ1n) is 5.96. The SMILES string of the molecule is O=C(O)c1ccc(C(=O)NOCc2ccccc2)cc1. The molecular weight excluding hydrogens is 258 g/mol. The quantitative estimate of drug-likeness (QED) is 0.818. The first-order valence-corrected chi connectivity index (χ1v) is 5.96. The molecule has 2 aromatic rings. The molecule has 0 heterocycles. The number of amides is 1. The van der Waals surface area contributed by atoms with Gasteiger partial charge in [0.1, 0.15) is 0 Å². The highest BCUT2D eigenvalue weighted by Gasteiger charge is 2.07. The third kappa shape index (κ3) is 3.66. The Kier molecular flexibility index (Phi) is 4.47. The van der Waals surface area contributed by atoms with E-state index >= 15 is 0 Å². The van der Waals surface area contributed by atoms with Gasteiger partial charge in [-0.1, -0.05) is 30.3 Å². The van der Waals surface area contributed by atoms with Crippen molar-refractivity contribution in [1.29, 1.82) is 0 Å². The Hall–Kier alpha value is -2.66. The van der Waals surface area contributed by atoms with Crippen molar-refractivity contribution >= 4 is 11.9 Å². The molecule has 0 spiro atoms. The fourth-order valence-corrected chi connectivity index (χ4v) is 1.58. The average molecular weight is 271 g/mol. The minimum atomic E-state index is -1.03. The first-order chi connectivity index (χ1) is 9.66. The van der Waals surface area contributed by atoms with Gasteiger partial charge >= 0.3 is 5.97 Å². The number of carbonyl (C=O) groups is 2. The molecule has 2 N–H and O–H groups in total. The molecule has 0 bridgehead atoms. The molecule has 0 fully saturated rings. The number of hydroxylamine groups is 1. The molecule has 0 unspecified atom stereocenters. The van der Waals surface area contributed by atoms with Crippen LogP contribution in [0.25, 0.3) is 0 Å². The van der Waals surface area contributed by atoms with Crippen LogP contribution in [0.5, 0.6) is 0 Å². The summed E-state index contributed by atoms with van der Waals surface area (Å²) in [5.74, 6) is -1.45. The molecule has 0 aliphatic rings. The largest absolute Gasteiger partial charge is 0.478 e. The van der Waals surface area contributed by atoms with Gasteiger partial charge in [-0.3, -0.25) is 9.63 Å². The van der Waals surface area contributed by atoms with Crippen LogP contribution in [0.1, 0.15) is 26.3 Å². The van der Waals surface area contributed by atoms with Crippen molar-refractivity contribution in [3.05, 3.63) is 71.3 Å². The van der Waals surface area contributed by atoms with E-state index in [1.54, 1.807) is 0 Å². The zero-order valence-corrected chi connectivity index (χ0v) is 10.6. The number of carboxylic acids is 1. The summed E-state index contributed by atoms with van der Waals surface area (Å²) in [7, 11) is 0. The summed E-state index contributed by atoms with van der Waals surface area (Å²) in [6.07, 6.45) is 0. The molecule has 0 saturated heterocycles. The van der Waals surface area contributed by atoms with Gasteiger partial charge in [0.25, 0.3) is 5.91 Å². The fraction of sp³-hybridized carbons (Fsp3) is 0.0667. The summed E-state index contributed by atoms with van der Waals surface area (Å²) >= 11 is 0. The average Bonchev–Trinajstić information content (AvgIpc) is 2.48. The van der Waals surface area contributed by atoms with Crippen molar-refractivity contribution in [3.63, 3.8) is 0 Å². The molecule has 0 radical (unpaired) electrons. The molecule has 102 valence electrons. The van der Waals surface area contributed by atoms with Crippen molar-refractivity contribution in [2.45, 2.75) is 6.61 Å². The lowest BCUT2D eigenvalue weighted by molar-refractivity contribution is 0.0233. The zero-order valence-electron chi connectivity index (χ0n) is 10.6. The third-order valence-corrected chi connectivity index (χ3v) is 2.64. The van der Waals surface area contributed by atoms with Gasteiger partial charge in [-0.15, -0.1) is 0 Å². The topological polar surface area (TPSA) is 75.6 Å². The molecular formula is C15H13NO4. The standard InChI is InChI=1S/C15H13NO4/c17-14(12-6-8-13(9-7-12)15(18)19)16-20-10-11-4-2-1-3-5-11/h1-9H,10H2,(H,16,17)(H,18,19). The maximum Gasteiger partial charge on any atom is 0.335 e. The number of hydrogen-bond acceptors (Lipinski definition) is 3. The highest BCUT2D eigenvalue weighted by molar-refractivity contribution is 5.95. The molecule has 5 nitrogen and oxygen atoms in total. The van der Waals surface area contributed by atoms with Gasteiger partial charge in [0.2, 0.25) is 0 Å². The molecule has 2 rings (SSSR count). The zero-order chi connectivity index (χ0) is 14.4. The second-order valence-electron chi connectivity index (χ2n) is 4.09. The normalized spacial score (nSPS) is 10.0. The van der Waals surface area contributed by atoms with E-state index in [0.29, 0.717) is 5.56 Å². The lowest BCUT2D eigenvalue weighted by atomic mass is 10.1. The summed E-state index contributed by atoms with van der Waals surface area (Å²) in [5, 5.41) is 8.76. The lowest BCUT2D eigenvalue weighted by Gasteiger charge is -2.06. The number of hydrogen-bond donors (Lipinski definition) is 2. The van der Waals surface area contributed by atoms with Crippen molar-refractivity contribution in [1.82, 2.24) is 5.48 Å². The second-order valence-corrected chi connectivity index (χ2v) is 4.09. The fourth-order valence-electron chi connectivity index (χ4n) is 1.58. The minimum absolute atomic E-state index is 0.131. The van der Waals surface area contributed by atoms with Crippen LogP contribution in [0, 0.1) is 0 Å². The predicted octanol–water partition coefficient (Wildman–Crippen LogP) is 2.25. The van der Waals surface area contributed by atoms with Crippen LogP contribution < -0.4 is 5.48 Å². The van der Waals surface area contributed by atoms with Crippen LogP contribution in [0.4, 0.5) is 0 Å². The Morgan fingerprint density at radius 3 is 2.15 bits per heavy atom. The van der Waals surface area contributed by atoms with Gasteiger partial charge in [0.15, 0.2) is 0 Å². The van der Waals surface area contributed by atoms with E-state index in [9.17, 15) is 9.59 Å². The highest BCUT2D eigenvalue weighted by Crippen LogP contribution is 2.05. The van der Waals surface area contributed by atoms with Crippen LogP contribution in [0.3, 0.4) is 0 Å². The Morgan fingerprint density at radius 1 is 0.950 bits per heavy atom. The Morgan fingerprint density at radius 2 is 1.55 bits per heavy atom. The van der Waals surface area contributed by atoms with E-state index in [4.69, 9.17) is 9.94 Å². The summed E-state index contributed by atoms with van der Waals surface area (Å²) in [6.45, 7) is 0.264. The number of nitrogens with one attached hydrogen (secondary N) is 1. The van der Waals surface area contributed by atoms with Gasteiger partial charge in [0, 0.05) is 5.56 Å². The number of carbonyl (C=O) groups excluding carboxylic acids is 1. The van der Waals surface area contributed by atoms with Gasteiger partial charge in [-0.05, 0) is 29.8 Å². The number of aromatic carboxylic acids is 1. The summed E-state index contributed by atoms with van der Waals surface area (Å²) in [5.41, 5.74) is 3.72. The monoisotopic (exact) mass is 271 g/mol. The maximum atomic E-state index is 11.7. The summed E-state index contributed by atoms with van der Waals surface area (Å²) < 4.78 is 0. The minimum Gasteiger partial charge on any atom is -0.478 e. The molecule has 0 atom stereocenters. The molecule has 1 amide bonds. The second kappa shape index (κ2) is 6.49. The van der Waals surface area contributed by atoms with E-state index in [-0.39, 0.29) is 12.2 Å². The van der Waals surface area contributed by atoms with E-state index in [0.717, 1.165) is 5.56 Å². The van der Waals surface area contributed by atoms with E-state index in [1.165, 1.54) is 24.3 Å². The van der Waals surface area contributed by atoms with Crippen LogP contribution in [0.15, 0.2) is 54.6 Å². The van der Waals surface area contributed by atoms with Crippen LogP contribution in [-0.2, 0) is 11.4 Å². The molecule has 0 aromatic heterocycles. The van der Waals surface area contributed by atoms with E-state index < -0.39 is 11.9 Å². The molecule has 0 aliphatic heterocycles. The number of carboxylic acid groups (broad SMARTS) is 1. The molecule has 0 saturated carbocycles. The van der Waals surface area contributed by atoms with Gasteiger partial charge < -0.3 is 5.11 Å². The molecule has 20 heavy (non-hydrogen) atoms. The molecule has 2 aromatic carbocycles. The first kappa shape index (κ1) is 13.8. The number of rotatable bonds is 5. The van der Waals surface area contributed by atoms with Crippen LogP contribution in [0.2, 0.25) is 0 Å². The van der Waals surface area contributed by atoms with Gasteiger partial charge in [0.05, 0.1) is 12.2 Å². The predicted molar refractivity (Wildman–Crippen MR) is 72.1 cm³/mol. The maximum absolute atomic E-state index is 11.7.